The Morgan fingerprint density at radius 1 is 1.15 bits per heavy atom. The van der Waals surface area contributed by atoms with E-state index >= 15 is 0 Å². The molecule has 2 aromatic heterocycles. The van der Waals surface area contributed by atoms with Crippen molar-refractivity contribution in [1.82, 2.24) is 9.38 Å². The molecule has 3 rings (SSSR count). The standard InChI is InChI=1S/C14H11Cl2N3O/c15-9-4-3-5-11(13(9)16)20-14-10(8-17)19-7-2-1-6-12(19)18-14/h1-7H,8,17H2. The number of nitrogens with zero attached hydrogens (tertiary/aromatic N) is 2. The summed E-state index contributed by atoms with van der Waals surface area (Å²) in [5.41, 5.74) is 7.32. The van der Waals surface area contributed by atoms with E-state index in [2.05, 4.69) is 4.98 Å². The molecule has 0 amide bonds. The molecule has 0 saturated heterocycles. The topological polar surface area (TPSA) is 52.5 Å². The van der Waals surface area contributed by atoms with Crippen molar-refractivity contribution in [2.24, 2.45) is 5.73 Å². The Bertz CT molecular complexity index is 770. The number of aromatic nitrogens is 2. The molecule has 0 saturated carbocycles. The first kappa shape index (κ1) is 13.2. The van der Waals surface area contributed by atoms with Crippen LogP contribution in [0.15, 0.2) is 42.6 Å². The molecule has 0 spiro atoms. The molecule has 0 radical (unpaired) electrons. The second kappa shape index (κ2) is 5.32. The highest BCUT2D eigenvalue weighted by Crippen LogP contribution is 2.35. The van der Waals surface area contributed by atoms with E-state index in [1.165, 1.54) is 0 Å². The molecule has 4 nitrogen and oxygen atoms in total. The highest BCUT2D eigenvalue weighted by molar-refractivity contribution is 6.42. The summed E-state index contributed by atoms with van der Waals surface area (Å²) in [6.07, 6.45) is 1.89. The predicted molar refractivity (Wildman–Crippen MR) is 79.6 cm³/mol. The Kier molecular flexibility index (Phi) is 3.53. The molecular formula is C14H11Cl2N3O. The van der Waals surface area contributed by atoms with E-state index < -0.39 is 0 Å². The third kappa shape index (κ3) is 2.22. The zero-order chi connectivity index (χ0) is 14.1. The lowest BCUT2D eigenvalue weighted by molar-refractivity contribution is 0.459. The summed E-state index contributed by atoms with van der Waals surface area (Å²) in [5.74, 6) is 0.889. The number of fused-ring (bicyclic) bond motifs is 1. The van der Waals surface area contributed by atoms with Gasteiger partial charge in [-0.3, -0.25) is 4.40 Å². The van der Waals surface area contributed by atoms with Gasteiger partial charge in [-0.15, -0.1) is 0 Å². The molecule has 20 heavy (non-hydrogen) atoms. The van der Waals surface area contributed by atoms with Gasteiger partial charge >= 0.3 is 0 Å². The maximum absolute atomic E-state index is 6.11. The van der Waals surface area contributed by atoms with Crippen LogP contribution in [0.4, 0.5) is 0 Å². The SMILES string of the molecule is NCc1c(Oc2cccc(Cl)c2Cl)nc2ccccn12. The van der Waals surface area contributed by atoms with Gasteiger partial charge in [0.2, 0.25) is 5.88 Å². The van der Waals surface area contributed by atoms with Crippen LogP contribution in [0.25, 0.3) is 5.65 Å². The lowest BCUT2D eigenvalue weighted by Gasteiger charge is -2.07. The summed E-state index contributed by atoms with van der Waals surface area (Å²) in [6, 6.07) is 10.9. The fraction of sp³-hybridized carbons (Fsp3) is 0.0714. The fourth-order valence-electron chi connectivity index (χ4n) is 1.96. The van der Waals surface area contributed by atoms with Crippen LogP contribution in [0.5, 0.6) is 11.6 Å². The van der Waals surface area contributed by atoms with Gasteiger partial charge in [0.05, 0.1) is 5.02 Å². The number of nitrogens with two attached hydrogens (primary N) is 1. The maximum atomic E-state index is 6.11. The zero-order valence-electron chi connectivity index (χ0n) is 10.4. The van der Waals surface area contributed by atoms with Gasteiger partial charge in [0.1, 0.15) is 22.1 Å². The third-order valence-electron chi connectivity index (χ3n) is 2.91. The van der Waals surface area contributed by atoms with E-state index in [0.29, 0.717) is 28.2 Å². The minimum atomic E-state index is 0.304. The van der Waals surface area contributed by atoms with Gasteiger partial charge in [-0.05, 0) is 24.3 Å². The van der Waals surface area contributed by atoms with Crippen molar-refractivity contribution in [3.8, 4) is 11.6 Å². The molecule has 1 aromatic carbocycles. The summed E-state index contributed by atoms with van der Waals surface area (Å²) < 4.78 is 7.65. The molecule has 0 aliphatic heterocycles. The van der Waals surface area contributed by atoms with Crippen LogP contribution in [0.1, 0.15) is 5.69 Å². The number of ether oxygens (including phenoxy) is 1. The van der Waals surface area contributed by atoms with Gasteiger partial charge in [0, 0.05) is 12.7 Å². The molecule has 3 aromatic rings. The van der Waals surface area contributed by atoms with Gasteiger partial charge in [-0.25, -0.2) is 0 Å². The molecule has 0 aliphatic rings. The van der Waals surface area contributed by atoms with Crippen LogP contribution in [-0.4, -0.2) is 9.38 Å². The van der Waals surface area contributed by atoms with Crippen LogP contribution >= 0.6 is 23.2 Å². The lowest BCUT2D eigenvalue weighted by atomic mass is 10.3. The van der Waals surface area contributed by atoms with Crippen molar-refractivity contribution in [1.29, 1.82) is 0 Å². The second-order valence-electron chi connectivity index (χ2n) is 4.15. The van der Waals surface area contributed by atoms with E-state index in [1.807, 2.05) is 28.8 Å². The first-order chi connectivity index (χ1) is 9.70. The Hall–Kier alpha value is -1.75. The van der Waals surface area contributed by atoms with Gasteiger partial charge in [-0.1, -0.05) is 35.3 Å². The largest absolute Gasteiger partial charge is 0.436 e. The number of benzene rings is 1. The van der Waals surface area contributed by atoms with Crippen LogP contribution in [0.3, 0.4) is 0 Å². The summed E-state index contributed by atoms with van der Waals surface area (Å²) in [5, 5.41) is 0.788. The smallest absolute Gasteiger partial charge is 0.242 e. The molecule has 0 fully saturated rings. The molecule has 2 N–H and O–H groups in total. The van der Waals surface area contributed by atoms with E-state index in [-0.39, 0.29) is 0 Å². The van der Waals surface area contributed by atoms with Crippen molar-refractivity contribution >= 4 is 28.8 Å². The van der Waals surface area contributed by atoms with E-state index in [4.69, 9.17) is 33.7 Å². The number of hydrogen-bond acceptors (Lipinski definition) is 3. The van der Waals surface area contributed by atoms with Crippen LogP contribution < -0.4 is 10.5 Å². The average molecular weight is 308 g/mol. The Morgan fingerprint density at radius 2 is 2.00 bits per heavy atom. The van der Waals surface area contributed by atoms with Crippen molar-refractivity contribution in [3.05, 3.63) is 58.3 Å². The molecule has 6 heteroatoms. The quantitative estimate of drug-likeness (QED) is 0.798. The number of halogens is 2. The van der Waals surface area contributed by atoms with Crippen molar-refractivity contribution in [2.45, 2.75) is 6.54 Å². The summed E-state index contributed by atoms with van der Waals surface area (Å²) in [7, 11) is 0. The number of imidazole rings is 1. The van der Waals surface area contributed by atoms with Gasteiger partial charge in [0.15, 0.2) is 0 Å². The Balaban J connectivity index is 2.08. The molecule has 0 aliphatic carbocycles. The van der Waals surface area contributed by atoms with E-state index in [9.17, 15) is 0 Å². The minimum absolute atomic E-state index is 0.304. The normalized spacial score (nSPS) is 10.9. The predicted octanol–water partition coefficient (Wildman–Crippen LogP) is 3.89. The molecule has 0 unspecified atom stereocenters. The minimum Gasteiger partial charge on any atom is -0.436 e. The van der Waals surface area contributed by atoms with Gasteiger partial charge < -0.3 is 10.5 Å². The molecule has 0 bridgehead atoms. The molecule has 102 valence electrons. The first-order valence-corrected chi connectivity index (χ1v) is 6.74. The van der Waals surface area contributed by atoms with E-state index in [1.54, 1.807) is 18.2 Å². The van der Waals surface area contributed by atoms with Crippen molar-refractivity contribution in [3.63, 3.8) is 0 Å². The van der Waals surface area contributed by atoms with Crippen LogP contribution in [0.2, 0.25) is 10.0 Å². The van der Waals surface area contributed by atoms with Gasteiger partial charge in [0.25, 0.3) is 0 Å². The van der Waals surface area contributed by atoms with Crippen molar-refractivity contribution in [2.75, 3.05) is 0 Å². The highest BCUT2D eigenvalue weighted by atomic mass is 35.5. The van der Waals surface area contributed by atoms with Gasteiger partial charge in [-0.2, -0.15) is 4.98 Å². The molecule has 0 atom stereocenters. The highest BCUT2D eigenvalue weighted by Gasteiger charge is 2.14. The fourth-order valence-corrected chi connectivity index (χ4v) is 2.29. The lowest BCUT2D eigenvalue weighted by Crippen LogP contribution is -2.02. The number of hydrogen-bond donors (Lipinski definition) is 1. The zero-order valence-corrected chi connectivity index (χ0v) is 11.9. The third-order valence-corrected chi connectivity index (χ3v) is 3.71. The van der Waals surface area contributed by atoms with Crippen molar-refractivity contribution < 1.29 is 4.74 Å². The average Bonchev–Trinajstić information content (AvgIpc) is 2.81. The molecule has 2 heterocycles. The van der Waals surface area contributed by atoms with E-state index in [0.717, 1.165) is 11.3 Å². The maximum Gasteiger partial charge on any atom is 0.242 e. The summed E-state index contributed by atoms with van der Waals surface area (Å²) >= 11 is 12.1. The summed E-state index contributed by atoms with van der Waals surface area (Å²) in [4.78, 5) is 4.41. The monoisotopic (exact) mass is 307 g/mol. The number of rotatable bonds is 3. The van der Waals surface area contributed by atoms with Crippen LogP contribution in [-0.2, 0) is 6.54 Å². The Labute approximate surface area is 125 Å². The van der Waals surface area contributed by atoms with Crippen LogP contribution in [0, 0.1) is 0 Å². The first-order valence-electron chi connectivity index (χ1n) is 5.98. The molecular weight excluding hydrogens is 297 g/mol. The second-order valence-corrected chi connectivity index (χ2v) is 4.94. The number of pyridine rings is 1. The summed E-state index contributed by atoms with van der Waals surface area (Å²) in [6.45, 7) is 0.304. The Morgan fingerprint density at radius 3 is 2.80 bits per heavy atom.